The maximum absolute atomic E-state index is 14.5. The predicted molar refractivity (Wildman–Crippen MR) is 216 cm³/mol. The number of amides is 2. The molecule has 0 bridgehead atoms. The molecule has 3 heterocycles. The molecule has 0 aromatic heterocycles. The second-order valence-corrected chi connectivity index (χ2v) is 17.3. The van der Waals surface area contributed by atoms with E-state index >= 15 is 0 Å². The molecule has 2 N–H and O–H groups in total. The fraction of sp³-hybridized carbons (Fsp3) is 0.543. The summed E-state index contributed by atoms with van der Waals surface area (Å²) in [6.07, 6.45) is 8.07. The third kappa shape index (κ3) is 6.62. The Morgan fingerprint density at radius 3 is 2.51 bits per heavy atom. The number of unbranched alkanes of at least 4 members (excludes halogenated alkanes) is 1. The fourth-order valence-electron chi connectivity index (χ4n) is 10.4. The lowest BCUT2D eigenvalue weighted by Gasteiger charge is -2.44. The van der Waals surface area contributed by atoms with E-state index in [1.807, 2.05) is 24.1 Å². The van der Waals surface area contributed by atoms with Gasteiger partial charge in [-0.25, -0.2) is 4.58 Å². The van der Waals surface area contributed by atoms with Gasteiger partial charge in [0.2, 0.25) is 11.3 Å². The van der Waals surface area contributed by atoms with Crippen LogP contribution in [-0.2, 0) is 23.1 Å². The second-order valence-electron chi connectivity index (χ2n) is 17.3. The van der Waals surface area contributed by atoms with E-state index in [0.29, 0.717) is 38.3 Å². The van der Waals surface area contributed by atoms with Gasteiger partial charge in [-0.2, -0.15) is 0 Å². The molecule has 2 amide bonds. The van der Waals surface area contributed by atoms with Crippen molar-refractivity contribution in [3.8, 4) is 0 Å². The first-order chi connectivity index (χ1) is 25.4. The van der Waals surface area contributed by atoms with Crippen LogP contribution < -0.4 is 25.4 Å². The number of carbonyl (C=O) groups excluding carboxylic acids is 2. The van der Waals surface area contributed by atoms with Gasteiger partial charge in [0.05, 0.1) is 0 Å². The molecule has 0 spiro atoms. The van der Waals surface area contributed by atoms with Gasteiger partial charge in [-0.05, 0) is 134 Å². The van der Waals surface area contributed by atoms with Gasteiger partial charge in [-0.15, -0.1) is 0 Å². The van der Waals surface area contributed by atoms with Gasteiger partial charge in [0.15, 0.2) is 5.54 Å². The van der Waals surface area contributed by atoms with E-state index in [1.54, 1.807) is 0 Å². The van der Waals surface area contributed by atoms with Crippen molar-refractivity contribution in [3.63, 3.8) is 0 Å². The molecule has 7 nitrogen and oxygen atoms in total. The quantitative estimate of drug-likeness (QED) is 0.194. The Morgan fingerprint density at radius 2 is 1.75 bits per heavy atom. The lowest BCUT2D eigenvalue weighted by molar-refractivity contribution is -0.121. The van der Waals surface area contributed by atoms with Crippen molar-refractivity contribution in [2.75, 3.05) is 51.3 Å². The maximum atomic E-state index is 14.5. The lowest BCUT2D eigenvalue weighted by Crippen LogP contribution is -2.53. The topological polar surface area (TPSA) is 75.9 Å². The predicted octanol–water partition coefficient (Wildman–Crippen LogP) is 5.81. The molecule has 0 saturated carbocycles. The first-order valence-electron chi connectivity index (χ1n) is 20.4. The van der Waals surface area contributed by atoms with Gasteiger partial charge < -0.3 is 20.2 Å². The largest absolute Gasteiger partial charge is 0.396 e. The van der Waals surface area contributed by atoms with Crippen molar-refractivity contribution in [1.29, 1.82) is 0 Å². The number of nitrogens with zero attached hydrogens (tertiary/aromatic N) is 3. The lowest BCUT2D eigenvalue weighted by atomic mass is 9.64. The van der Waals surface area contributed by atoms with E-state index in [2.05, 4.69) is 86.7 Å². The van der Waals surface area contributed by atoms with Crippen molar-refractivity contribution >= 4 is 23.1 Å². The number of aliphatic hydroxyl groups is 1. The summed E-state index contributed by atoms with van der Waals surface area (Å²) in [6, 6.07) is 15.9. The van der Waals surface area contributed by atoms with E-state index in [4.69, 9.17) is 5.11 Å². The van der Waals surface area contributed by atoms with Crippen molar-refractivity contribution in [2.45, 2.75) is 116 Å². The van der Waals surface area contributed by atoms with E-state index in [0.717, 1.165) is 56.4 Å². The number of aliphatic hydroxyl groups excluding tert-OH is 1. The fourth-order valence-corrected chi connectivity index (χ4v) is 10.4. The first kappa shape index (κ1) is 37.3. The third-order valence-electron chi connectivity index (χ3n) is 12.8. The molecule has 3 aliphatic heterocycles. The molecule has 0 radical (unpaired) electrons. The summed E-state index contributed by atoms with van der Waals surface area (Å²) in [6.45, 7) is 18.7. The number of nitrogens with one attached hydrogen (secondary N) is 1. The van der Waals surface area contributed by atoms with Gasteiger partial charge in [0.1, 0.15) is 6.54 Å². The summed E-state index contributed by atoms with van der Waals surface area (Å²) < 4.78 is 2.62. The molecular formula is C46H61N4O3+. The molecule has 53 heavy (non-hydrogen) atoms. The number of anilines is 1. The molecule has 1 aliphatic carbocycles. The van der Waals surface area contributed by atoms with Crippen LogP contribution >= 0.6 is 0 Å². The van der Waals surface area contributed by atoms with Crippen LogP contribution in [-0.4, -0.2) is 73.7 Å². The Bertz CT molecular complexity index is 2060. The number of benzene rings is 3. The Balaban J connectivity index is 1.40. The summed E-state index contributed by atoms with van der Waals surface area (Å²) >= 11 is 0. The smallest absolute Gasteiger partial charge is 0.254 e. The summed E-state index contributed by atoms with van der Waals surface area (Å²) in [7, 11) is 1.89. The highest BCUT2D eigenvalue weighted by molar-refractivity contribution is 6.02. The average molecular weight is 718 g/mol. The molecule has 282 valence electrons. The Kier molecular flexibility index (Phi) is 10.4. The number of hydrogen-bond donors (Lipinski definition) is 2. The van der Waals surface area contributed by atoms with E-state index < -0.39 is 0 Å². The van der Waals surface area contributed by atoms with Crippen molar-refractivity contribution in [1.82, 2.24) is 14.8 Å². The molecule has 0 saturated heterocycles. The number of fused-ring (bicyclic) bond motifs is 4. The minimum absolute atomic E-state index is 0.00167. The summed E-state index contributed by atoms with van der Waals surface area (Å²) in [5, 5.41) is 14.5. The summed E-state index contributed by atoms with van der Waals surface area (Å²) in [5.74, 6) is 0.430. The van der Waals surface area contributed by atoms with Gasteiger partial charge >= 0.3 is 0 Å². The standard InChI is InChI=1S/C46H60N4O3/c1-8-50-39-28-38-36(27-35(39)30(2)29-45(50,3)4)41(37-26-31-16-13-23-49-24-14-19-34(43(31)49)42(37)46(38,5)6)32-17-9-10-18-33(32)44(53)48(7)22-12-11-20-40(52)47-21-15-25-51/h9-10,17-18,26-28,30,51H,8,11-16,19-25,29H2,1-7H3/p+1. The number of hydrogen-bond acceptors (Lipinski definition) is 4. The van der Waals surface area contributed by atoms with Crippen LogP contribution in [0.25, 0.3) is 5.57 Å². The van der Waals surface area contributed by atoms with Crippen LogP contribution in [0.1, 0.15) is 142 Å². The van der Waals surface area contributed by atoms with Crippen LogP contribution in [0.4, 0.5) is 5.69 Å². The normalized spacial score (nSPS) is 19.2. The van der Waals surface area contributed by atoms with E-state index in [1.165, 1.54) is 68.1 Å². The van der Waals surface area contributed by atoms with Crippen molar-refractivity contribution < 1.29 is 14.7 Å². The Morgan fingerprint density at radius 1 is 1.00 bits per heavy atom. The van der Waals surface area contributed by atoms with Crippen LogP contribution in [0.2, 0.25) is 0 Å². The van der Waals surface area contributed by atoms with Gasteiger partial charge in [0, 0.05) is 81.0 Å². The zero-order valence-corrected chi connectivity index (χ0v) is 33.3. The highest BCUT2D eigenvalue weighted by Gasteiger charge is 2.43. The highest BCUT2D eigenvalue weighted by atomic mass is 16.3. The van der Waals surface area contributed by atoms with Gasteiger partial charge in [0.25, 0.3) is 5.91 Å². The third-order valence-corrected chi connectivity index (χ3v) is 12.8. The molecular weight excluding hydrogens is 657 g/mol. The minimum Gasteiger partial charge on any atom is -0.396 e. The SMILES string of the molecule is CC[N+]1=c2cc3c(cc2C(C)CC1(C)C)=C(c1ccccc1C(=O)N(C)CCCCC(=O)NCCCO)c1cc2c4c(c1C3(C)C)CCCN4CCC2. The van der Waals surface area contributed by atoms with Crippen molar-refractivity contribution in [3.05, 3.63) is 97.5 Å². The molecule has 3 aromatic rings. The Labute approximate surface area is 316 Å². The molecule has 3 aromatic carbocycles. The number of aryl methyl sites for hydroxylation is 1. The maximum Gasteiger partial charge on any atom is 0.254 e. The van der Waals surface area contributed by atoms with Crippen LogP contribution in [0.3, 0.4) is 0 Å². The molecule has 1 unspecified atom stereocenters. The summed E-state index contributed by atoms with van der Waals surface area (Å²) in [4.78, 5) is 31.2. The van der Waals surface area contributed by atoms with E-state index in [-0.39, 0.29) is 29.4 Å². The minimum atomic E-state index is -0.224. The monoisotopic (exact) mass is 717 g/mol. The Hall–Kier alpha value is -3.97. The number of carbonyl (C=O) groups is 2. The molecule has 1 atom stereocenters. The molecule has 7 heteroatoms. The summed E-state index contributed by atoms with van der Waals surface area (Å²) in [5.41, 5.74) is 12.8. The molecule has 7 rings (SSSR count). The van der Waals surface area contributed by atoms with Crippen LogP contribution in [0.15, 0.2) is 42.5 Å². The van der Waals surface area contributed by atoms with Crippen LogP contribution in [0.5, 0.6) is 0 Å². The highest BCUT2D eigenvalue weighted by Crippen LogP contribution is 2.49. The van der Waals surface area contributed by atoms with Gasteiger partial charge in [-0.1, -0.05) is 39.0 Å². The van der Waals surface area contributed by atoms with Crippen molar-refractivity contribution in [2.24, 2.45) is 0 Å². The first-order valence-corrected chi connectivity index (χ1v) is 20.4. The number of rotatable bonds is 11. The molecule has 4 aliphatic rings. The zero-order chi connectivity index (χ0) is 37.7. The molecule has 0 fully saturated rings. The van der Waals surface area contributed by atoms with E-state index in [9.17, 15) is 9.59 Å². The zero-order valence-electron chi connectivity index (χ0n) is 33.3. The second kappa shape index (κ2) is 14.7. The van der Waals surface area contributed by atoms with Gasteiger partial charge in [-0.3, -0.25) is 9.59 Å². The average Bonchev–Trinajstić information content (AvgIpc) is 3.13. The van der Waals surface area contributed by atoms with Crippen LogP contribution in [0, 0.1) is 0 Å².